The average Bonchev–Trinajstić information content (AvgIpc) is 2.61. The largest absolute Gasteiger partial charge is 0.504 e. The van der Waals surface area contributed by atoms with Gasteiger partial charge in [-0.1, -0.05) is 6.07 Å². The summed E-state index contributed by atoms with van der Waals surface area (Å²) in [6, 6.07) is 9.37. The van der Waals surface area contributed by atoms with Crippen molar-refractivity contribution in [1.29, 1.82) is 0 Å². The highest BCUT2D eigenvalue weighted by Gasteiger charge is 2.21. The highest BCUT2D eigenvalue weighted by atomic mass is 16.5. The number of rotatable bonds is 7. The molecule has 0 aliphatic heterocycles. The molecule has 6 heteroatoms. The second-order valence-electron chi connectivity index (χ2n) is 5.23. The predicted molar refractivity (Wildman–Crippen MR) is 88.1 cm³/mol. The summed E-state index contributed by atoms with van der Waals surface area (Å²) < 4.78 is 16.0. The summed E-state index contributed by atoms with van der Waals surface area (Å²) in [5.74, 6) is 1.09. The second kappa shape index (κ2) is 7.70. The number of carbonyl (C=O) groups is 1. The highest BCUT2D eigenvalue weighted by Crippen LogP contribution is 2.33. The lowest BCUT2D eigenvalue weighted by atomic mass is 10.0. The molecule has 6 nitrogen and oxygen atoms in total. The molecule has 128 valence electrons. The van der Waals surface area contributed by atoms with Gasteiger partial charge in [0.2, 0.25) is 0 Å². The zero-order chi connectivity index (χ0) is 17.7. The molecule has 2 N–H and O–H groups in total. The van der Waals surface area contributed by atoms with Gasteiger partial charge in [-0.05, 0) is 42.8 Å². The van der Waals surface area contributed by atoms with Crippen molar-refractivity contribution in [3.05, 3.63) is 47.5 Å². The first-order valence-electron chi connectivity index (χ1n) is 7.35. The van der Waals surface area contributed by atoms with E-state index >= 15 is 0 Å². The Morgan fingerprint density at radius 3 is 2.33 bits per heavy atom. The quantitative estimate of drug-likeness (QED) is 0.758. The molecule has 0 aromatic heterocycles. The summed E-state index contributed by atoms with van der Waals surface area (Å²) in [6.45, 7) is 1.71. The van der Waals surface area contributed by atoms with Gasteiger partial charge in [-0.2, -0.15) is 0 Å². The molecule has 0 saturated carbocycles. The molecule has 0 saturated heterocycles. The average molecular weight is 332 g/mol. The van der Waals surface area contributed by atoms with E-state index in [1.165, 1.54) is 20.3 Å². The number of carbonyl (C=O) groups excluding carboxylic acids is 1. The summed E-state index contributed by atoms with van der Waals surface area (Å²) in [7, 11) is 2.91. The van der Waals surface area contributed by atoms with E-state index in [1.54, 1.807) is 37.3 Å². The van der Waals surface area contributed by atoms with E-state index in [0.29, 0.717) is 28.9 Å². The van der Waals surface area contributed by atoms with Crippen molar-refractivity contribution in [2.75, 3.05) is 14.2 Å². The molecule has 0 aliphatic rings. The van der Waals surface area contributed by atoms with Crippen molar-refractivity contribution in [3.63, 3.8) is 0 Å². The number of hydrogen-bond acceptors (Lipinski definition) is 6. The van der Waals surface area contributed by atoms with Crippen LogP contribution in [0.5, 0.6) is 23.0 Å². The van der Waals surface area contributed by atoms with Gasteiger partial charge in [0.25, 0.3) is 0 Å². The Labute approximate surface area is 140 Å². The molecule has 2 atom stereocenters. The molecule has 24 heavy (non-hydrogen) atoms. The maximum absolute atomic E-state index is 10.8. The molecule has 0 amide bonds. The molecule has 2 aromatic carbocycles. The van der Waals surface area contributed by atoms with Gasteiger partial charge in [0.15, 0.2) is 23.0 Å². The fraction of sp³-hybridized carbons (Fsp3) is 0.278. The molecule has 2 rings (SSSR count). The van der Waals surface area contributed by atoms with E-state index in [1.807, 2.05) is 0 Å². The van der Waals surface area contributed by atoms with Crippen LogP contribution in [-0.2, 0) is 0 Å². The predicted octanol–water partition coefficient (Wildman–Crippen LogP) is 2.72. The van der Waals surface area contributed by atoms with Crippen LogP contribution in [0.2, 0.25) is 0 Å². The summed E-state index contributed by atoms with van der Waals surface area (Å²) in [4.78, 5) is 10.8. The first-order chi connectivity index (χ1) is 11.5. The minimum atomic E-state index is -0.949. The van der Waals surface area contributed by atoms with E-state index in [0.717, 1.165) is 0 Å². The lowest BCUT2D eigenvalue weighted by molar-refractivity contribution is 0.0449. The Kier molecular flexibility index (Phi) is 5.65. The Hall–Kier alpha value is -2.73. The summed E-state index contributed by atoms with van der Waals surface area (Å²) >= 11 is 0. The summed E-state index contributed by atoms with van der Waals surface area (Å²) in [5.41, 5.74) is 1.01. The summed E-state index contributed by atoms with van der Waals surface area (Å²) in [5, 5.41) is 20.1. The number of aliphatic hydroxyl groups excluding tert-OH is 1. The molecular formula is C18H20O6. The number of aromatic hydroxyl groups is 1. The molecule has 0 spiro atoms. The minimum Gasteiger partial charge on any atom is -0.504 e. The molecule has 2 aromatic rings. The van der Waals surface area contributed by atoms with E-state index in [4.69, 9.17) is 14.2 Å². The van der Waals surface area contributed by atoms with Crippen LogP contribution < -0.4 is 14.2 Å². The van der Waals surface area contributed by atoms with Gasteiger partial charge < -0.3 is 24.4 Å². The van der Waals surface area contributed by atoms with Crippen LogP contribution in [-0.4, -0.2) is 36.8 Å². The van der Waals surface area contributed by atoms with Crippen molar-refractivity contribution < 1.29 is 29.2 Å². The van der Waals surface area contributed by atoms with Crippen molar-refractivity contribution in [2.45, 2.75) is 19.1 Å². The number of hydrogen-bond donors (Lipinski definition) is 2. The van der Waals surface area contributed by atoms with Crippen LogP contribution in [0.4, 0.5) is 0 Å². The molecule has 0 aliphatic carbocycles. The van der Waals surface area contributed by atoms with E-state index in [-0.39, 0.29) is 11.5 Å². The van der Waals surface area contributed by atoms with Crippen LogP contribution in [0.1, 0.15) is 28.9 Å². The Morgan fingerprint density at radius 2 is 1.71 bits per heavy atom. The fourth-order valence-corrected chi connectivity index (χ4v) is 2.27. The van der Waals surface area contributed by atoms with E-state index < -0.39 is 12.2 Å². The highest BCUT2D eigenvalue weighted by molar-refractivity contribution is 5.76. The lowest BCUT2D eigenvalue weighted by Crippen LogP contribution is -2.22. The molecule has 0 fully saturated rings. The third-order valence-electron chi connectivity index (χ3n) is 3.63. The third-order valence-corrected chi connectivity index (χ3v) is 3.63. The zero-order valence-corrected chi connectivity index (χ0v) is 13.7. The van der Waals surface area contributed by atoms with Crippen LogP contribution in [0, 0.1) is 0 Å². The number of phenolic OH excluding ortho intramolecular Hbond substituents is 1. The first kappa shape index (κ1) is 17.6. The molecule has 0 radical (unpaired) electrons. The van der Waals surface area contributed by atoms with E-state index in [9.17, 15) is 15.0 Å². The van der Waals surface area contributed by atoms with Crippen LogP contribution in [0.3, 0.4) is 0 Å². The number of aliphatic hydroxyl groups is 1. The standard InChI is InChI=1S/C18H20O6/c1-11(18(21)13-5-6-14(20)16(9-13)22-2)24-15-7-4-12(10-19)8-17(15)23-3/h4-11,18,20-21H,1-3H3. The zero-order valence-electron chi connectivity index (χ0n) is 13.7. The third kappa shape index (κ3) is 3.78. The lowest BCUT2D eigenvalue weighted by Gasteiger charge is -2.22. The monoisotopic (exact) mass is 332 g/mol. The van der Waals surface area contributed by atoms with Crippen LogP contribution >= 0.6 is 0 Å². The number of benzene rings is 2. The van der Waals surface area contributed by atoms with Gasteiger partial charge >= 0.3 is 0 Å². The van der Waals surface area contributed by atoms with Crippen molar-refractivity contribution in [2.24, 2.45) is 0 Å². The number of aldehydes is 1. The van der Waals surface area contributed by atoms with Gasteiger partial charge in [0, 0.05) is 5.56 Å². The van der Waals surface area contributed by atoms with Crippen molar-refractivity contribution >= 4 is 6.29 Å². The number of methoxy groups -OCH3 is 2. The van der Waals surface area contributed by atoms with Crippen molar-refractivity contribution in [1.82, 2.24) is 0 Å². The molecule has 0 heterocycles. The maximum atomic E-state index is 10.8. The normalized spacial score (nSPS) is 13.0. The molecular weight excluding hydrogens is 312 g/mol. The molecule has 2 unspecified atom stereocenters. The topological polar surface area (TPSA) is 85.2 Å². The fourth-order valence-electron chi connectivity index (χ4n) is 2.27. The minimum absolute atomic E-state index is 0.00635. The van der Waals surface area contributed by atoms with Crippen molar-refractivity contribution in [3.8, 4) is 23.0 Å². The Morgan fingerprint density at radius 1 is 1.00 bits per heavy atom. The smallest absolute Gasteiger partial charge is 0.161 e. The molecule has 0 bridgehead atoms. The van der Waals surface area contributed by atoms with Crippen LogP contribution in [0.15, 0.2) is 36.4 Å². The van der Waals surface area contributed by atoms with E-state index in [2.05, 4.69) is 0 Å². The Balaban J connectivity index is 2.20. The SMILES string of the molecule is COc1cc(C(O)C(C)Oc2ccc(C=O)cc2OC)ccc1O. The first-order valence-corrected chi connectivity index (χ1v) is 7.35. The van der Waals surface area contributed by atoms with Gasteiger partial charge in [-0.3, -0.25) is 4.79 Å². The van der Waals surface area contributed by atoms with Gasteiger partial charge in [-0.15, -0.1) is 0 Å². The number of ether oxygens (including phenoxy) is 3. The van der Waals surface area contributed by atoms with Gasteiger partial charge in [-0.25, -0.2) is 0 Å². The maximum Gasteiger partial charge on any atom is 0.161 e. The van der Waals surface area contributed by atoms with Crippen LogP contribution in [0.25, 0.3) is 0 Å². The summed E-state index contributed by atoms with van der Waals surface area (Å²) in [6.07, 6.45) is -0.835. The van der Waals surface area contributed by atoms with Gasteiger partial charge in [0.1, 0.15) is 18.5 Å². The van der Waals surface area contributed by atoms with Gasteiger partial charge in [0.05, 0.1) is 14.2 Å². The number of phenols is 1. The Bertz CT molecular complexity index is 713. The second-order valence-corrected chi connectivity index (χ2v) is 5.23.